The SMILES string of the molecule is COc1ccc2oc(C(=O)NCCCOC3CCCCC3)c(C)c2c1. The quantitative estimate of drug-likeness (QED) is 0.763. The van der Waals surface area contributed by atoms with Gasteiger partial charge < -0.3 is 19.2 Å². The second kappa shape index (κ2) is 8.39. The fourth-order valence-corrected chi connectivity index (χ4v) is 3.38. The van der Waals surface area contributed by atoms with Crippen LogP contribution in [0, 0.1) is 6.92 Å². The number of fused-ring (bicyclic) bond motifs is 1. The Hall–Kier alpha value is -2.01. The van der Waals surface area contributed by atoms with Gasteiger partial charge in [0.15, 0.2) is 5.76 Å². The van der Waals surface area contributed by atoms with Crippen molar-refractivity contribution in [2.75, 3.05) is 20.3 Å². The first-order chi connectivity index (χ1) is 12.2. The van der Waals surface area contributed by atoms with E-state index < -0.39 is 0 Å². The van der Waals surface area contributed by atoms with Crippen molar-refractivity contribution < 1.29 is 18.7 Å². The van der Waals surface area contributed by atoms with Crippen LogP contribution in [-0.4, -0.2) is 32.3 Å². The van der Waals surface area contributed by atoms with Gasteiger partial charge in [-0.3, -0.25) is 4.79 Å². The molecule has 5 nitrogen and oxygen atoms in total. The Morgan fingerprint density at radius 1 is 1.28 bits per heavy atom. The molecule has 136 valence electrons. The number of hydrogen-bond donors (Lipinski definition) is 1. The zero-order chi connectivity index (χ0) is 17.6. The van der Waals surface area contributed by atoms with E-state index >= 15 is 0 Å². The summed E-state index contributed by atoms with van der Waals surface area (Å²) in [6.45, 7) is 3.18. The Kier molecular flexibility index (Phi) is 5.97. The van der Waals surface area contributed by atoms with Crippen molar-refractivity contribution >= 4 is 16.9 Å². The maximum Gasteiger partial charge on any atom is 0.287 e. The van der Waals surface area contributed by atoms with Gasteiger partial charge in [0.2, 0.25) is 0 Å². The molecule has 1 aromatic heterocycles. The van der Waals surface area contributed by atoms with Gasteiger partial charge in [-0.2, -0.15) is 0 Å². The van der Waals surface area contributed by atoms with Gasteiger partial charge in [0.05, 0.1) is 13.2 Å². The van der Waals surface area contributed by atoms with E-state index in [2.05, 4.69) is 5.32 Å². The van der Waals surface area contributed by atoms with E-state index in [-0.39, 0.29) is 5.91 Å². The molecule has 0 atom stereocenters. The maximum absolute atomic E-state index is 12.4. The number of carbonyl (C=O) groups is 1. The van der Waals surface area contributed by atoms with Crippen LogP contribution in [0.3, 0.4) is 0 Å². The number of ether oxygens (including phenoxy) is 2. The fourth-order valence-electron chi connectivity index (χ4n) is 3.38. The molecule has 1 fully saturated rings. The molecule has 0 spiro atoms. The number of methoxy groups -OCH3 is 1. The van der Waals surface area contributed by atoms with Crippen molar-refractivity contribution in [2.24, 2.45) is 0 Å². The number of carbonyl (C=O) groups excluding carboxylic acids is 1. The summed E-state index contributed by atoms with van der Waals surface area (Å²) in [6, 6.07) is 5.55. The molecular weight excluding hydrogens is 318 g/mol. The number of hydrogen-bond acceptors (Lipinski definition) is 4. The molecule has 25 heavy (non-hydrogen) atoms. The predicted octanol–water partition coefficient (Wildman–Crippen LogP) is 4.22. The molecule has 1 heterocycles. The van der Waals surface area contributed by atoms with Crippen LogP contribution in [-0.2, 0) is 4.74 Å². The summed E-state index contributed by atoms with van der Waals surface area (Å²) in [5.41, 5.74) is 1.54. The van der Waals surface area contributed by atoms with Crippen LogP contribution in [0.1, 0.15) is 54.6 Å². The number of nitrogens with one attached hydrogen (secondary N) is 1. The third-order valence-corrected chi connectivity index (χ3v) is 4.86. The van der Waals surface area contributed by atoms with Crippen LogP contribution in [0.5, 0.6) is 5.75 Å². The molecule has 1 amide bonds. The zero-order valence-electron chi connectivity index (χ0n) is 15.1. The summed E-state index contributed by atoms with van der Waals surface area (Å²) in [5, 5.41) is 3.83. The lowest BCUT2D eigenvalue weighted by Crippen LogP contribution is -2.26. The molecule has 3 rings (SSSR count). The number of aryl methyl sites for hydroxylation is 1. The standard InChI is InChI=1S/C20H27NO4/c1-14-17-13-16(23-2)9-10-18(17)25-19(14)20(22)21-11-6-12-24-15-7-4-3-5-8-15/h9-10,13,15H,3-8,11-12H2,1-2H3,(H,21,22). The second-order valence-electron chi connectivity index (χ2n) is 6.66. The summed E-state index contributed by atoms with van der Waals surface area (Å²) in [4.78, 5) is 12.4. The van der Waals surface area contributed by atoms with E-state index in [1.807, 2.05) is 25.1 Å². The van der Waals surface area contributed by atoms with E-state index in [9.17, 15) is 4.79 Å². The third-order valence-electron chi connectivity index (χ3n) is 4.86. The van der Waals surface area contributed by atoms with Crippen LogP contribution in [0.4, 0.5) is 0 Å². The summed E-state index contributed by atoms with van der Waals surface area (Å²) >= 11 is 0. The summed E-state index contributed by atoms with van der Waals surface area (Å²) in [5.74, 6) is 0.949. The lowest BCUT2D eigenvalue weighted by atomic mass is 9.98. The van der Waals surface area contributed by atoms with Crippen molar-refractivity contribution in [3.05, 3.63) is 29.5 Å². The number of furan rings is 1. The largest absolute Gasteiger partial charge is 0.497 e. The molecule has 0 unspecified atom stereocenters. The molecule has 5 heteroatoms. The van der Waals surface area contributed by atoms with Crippen LogP contribution >= 0.6 is 0 Å². The third kappa shape index (κ3) is 4.34. The Morgan fingerprint density at radius 2 is 2.08 bits per heavy atom. The zero-order valence-corrected chi connectivity index (χ0v) is 15.1. The van der Waals surface area contributed by atoms with Crippen LogP contribution in [0.25, 0.3) is 11.0 Å². The van der Waals surface area contributed by atoms with Crippen LogP contribution in [0.2, 0.25) is 0 Å². The van der Waals surface area contributed by atoms with E-state index in [0.717, 1.165) is 23.1 Å². The molecule has 0 saturated heterocycles. The highest BCUT2D eigenvalue weighted by Crippen LogP contribution is 2.28. The smallest absolute Gasteiger partial charge is 0.287 e. The Morgan fingerprint density at radius 3 is 2.84 bits per heavy atom. The van der Waals surface area contributed by atoms with Crippen molar-refractivity contribution in [2.45, 2.75) is 51.6 Å². The van der Waals surface area contributed by atoms with Gasteiger partial charge in [0.25, 0.3) is 5.91 Å². The first-order valence-corrected chi connectivity index (χ1v) is 9.16. The fraction of sp³-hybridized carbons (Fsp3) is 0.550. The molecule has 0 bridgehead atoms. The van der Waals surface area contributed by atoms with E-state index in [1.165, 1.54) is 32.1 Å². The molecule has 1 N–H and O–H groups in total. The monoisotopic (exact) mass is 345 g/mol. The normalized spacial score (nSPS) is 15.4. The molecule has 0 radical (unpaired) electrons. The van der Waals surface area contributed by atoms with Crippen LogP contribution in [0.15, 0.2) is 22.6 Å². The molecule has 1 aliphatic carbocycles. The topological polar surface area (TPSA) is 60.7 Å². The van der Waals surface area contributed by atoms with E-state index in [1.54, 1.807) is 7.11 Å². The number of amides is 1. The lowest BCUT2D eigenvalue weighted by molar-refractivity contribution is 0.0273. The highest BCUT2D eigenvalue weighted by atomic mass is 16.5. The minimum atomic E-state index is -0.176. The van der Waals surface area contributed by atoms with E-state index in [4.69, 9.17) is 13.9 Å². The summed E-state index contributed by atoms with van der Waals surface area (Å²) < 4.78 is 16.8. The minimum Gasteiger partial charge on any atom is -0.497 e. The molecule has 1 aliphatic rings. The second-order valence-corrected chi connectivity index (χ2v) is 6.66. The number of rotatable bonds is 7. The van der Waals surface area contributed by atoms with Gasteiger partial charge in [-0.25, -0.2) is 0 Å². The van der Waals surface area contributed by atoms with Gasteiger partial charge in [-0.15, -0.1) is 0 Å². The first kappa shape index (κ1) is 17.8. The average Bonchev–Trinajstić information content (AvgIpc) is 2.98. The Balaban J connectivity index is 1.49. The Labute approximate surface area is 148 Å². The van der Waals surface area contributed by atoms with Crippen molar-refractivity contribution in [1.29, 1.82) is 0 Å². The predicted molar refractivity (Wildman–Crippen MR) is 97.3 cm³/mol. The van der Waals surface area contributed by atoms with Gasteiger partial charge in [0, 0.05) is 24.1 Å². The molecular formula is C20H27NO4. The Bertz CT molecular complexity index is 716. The lowest BCUT2D eigenvalue weighted by Gasteiger charge is -2.21. The number of benzene rings is 1. The summed E-state index contributed by atoms with van der Waals surface area (Å²) in [6.07, 6.45) is 7.46. The maximum atomic E-state index is 12.4. The first-order valence-electron chi connectivity index (χ1n) is 9.16. The van der Waals surface area contributed by atoms with E-state index in [0.29, 0.717) is 30.6 Å². The average molecular weight is 345 g/mol. The minimum absolute atomic E-state index is 0.176. The van der Waals surface area contributed by atoms with Crippen molar-refractivity contribution in [3.8, 4) is 5.75 Å². The van der Waals surface area contributed by atoms with Crippen molar-refractivity contribution in [3.63, 3.8) is 0 Å². The van der Waals surface area contributed by atoms with Crippen LogP contribution < -0.4 is 10.1 Å². The molecule has 1 saturated carbocycles. The van der Waals surface area contributed by atoms with Gasteiger partial charge in [-0.05, 0) is 44.4 Å². The van der Waals surface area contributed by atoms with Gasteiger partial charge in [-0.1, -0.05) is 19.3 Å². The highest BCUT2D eigenvalue weighted by Gasteiger charge is 2.18. The highest BCUT2D eigenvalue weighted by molar-refractivity contribution is 5.99. The molecule has 1 aromatic carbocycles. The molecule has 2 aromatic rings. The van der Waals surface area contributed by atoms with Gasteiger partial charge in [0.1, 0.15) is 11.3 Å². The summed E-state index contributed by atoms with van der Waals surface area (Å²) in [7, 11) is 1.62. The molecule has 0 aliphatic heterocycles. The van der Waals surface area contributed by atoms with Crippen molar-refractivity contribution in [1.82, 2.24) is 5.32 Å². The van der Waals surface area contributed by atoms with Gasteiger partial charge >= 0.3 is 0 Å².